The molecular formula is C20H18N2O4. The highest BCUT2D eigenvalue weighted by Gasteiger charge is 2.09. The Morgan fingerprint density at radius 3 is 2.46 bits per heavy atom. The summed E-state index contributed by atoms with van der Waals surface area (Å²) in [4.78, 5) is 24.0. The molecule has 0 unspecified atom stereocenters. The number of benzene rings is 2. The highest BCUT2D eigenvalue weighted by molar-refractivity contribution is 6.02. The molecule has 0 radical (unpaired) electrons. The van der Waals surface area contributed by atoms with Crippen LogP contribution in [0.25, 0.3) is 0 Å². The summed E-state index contributed by atoms with van der Waals surface area (Å²) in [5.41, 5.74) is 2.16. The van der Waals surface area contributed by atoms with Crippen molar-refractivity contribution >= 4 is 23.2 Å². The summed E-state index contributed by atoms with van der Waals surface area (Å²) in [7, 11) is 0. The largest absolute Gasteiger partial charge is 0.484 e. The first-order valence-electron chi connectivity index (χ1n) is 8.04. The molecule has 2 aromatic carbocycles. The van der Waals surface area contributed by atoms with Crippen molar-refractivity contribution in [2.24, 2.45) is 0 Å². The van der Waals surface area contributed by atoms with E-state index in [2.05, 4.69) is 10.6 Å². The van der Waals surface area contributed by atoms with Gasteiger partial charge in [-0.05, 0) is 55.0 Å². The van der Waals surface area contributed by atoms with Gasteiger partial charge in [0, 0.05) is 11.4 Å². The number of anilines is 2. The van der Waals surface area contributed by atoms with Crippen molar-refractivity contribution < 1.29 is 18.7 Å². The lowest BCUT2D eigenvalue weighted by Crippen LogP contribution is -2.20. The smallest absolute Gasteiger partial charge is 0.291 e. The van der Waals surface area contributed by atoms with Gasteiger partial charge >= 0.3 is 0 Å². The molecule has 1 aromatic heterocycles. The molecule has 1 heterocycles. The summed E-state index contributed by atoms with van der Waals surface area (Å²) < 4.78 is 10.5. The van der Waals surface area contributed by atoms with E-state index in [9.17, 15) is 9.59 Å². The van der Waals surface area contributed by atoms with Gasteiger partial charge < -0.3 is 19.8 Å². The first kappa shape index (κ1) is 17.3. The summed E-state index contributed by atoms with van der Waals surface area (Å²) >= 11 is 0. The fraction of sp³-hybridized carbons (Fsp3) is 0.100. The fourth-order valence-electron chi connectivity index (χ4n) is 2.33. The summed E-state index contributed by atoms with van der Waals surface area (Å²) in [5, 5.41) is 5.44. The van der Waals surface area contributed by atoms with Crippen molar-refractivity contribution in [2.75, 3.05) is 17.2 Å². The molecule has 0 fully saturated rings. The number of carbonyl (C=O) groups excluding carboxylic acids is 2. The Labute approximate surface area is 150 Å². The van der Waals surface area contributed by atoms with Gasteiger partial charge in [-0.15, -0.1) is 0 Å². The van der Waals surface area contributed by atoms with Gasteiger partial charge in [-0.3, -0.25) is 9.59 Å². The van der Waals surface area contributed by atoms with E-state index in [0.29, 0.717) is 17.1 Å². The number of carbonyl (C=O) groups is 2. The Bertz CT molecular complexity index is 904. The van der Waals surface area contributed by atoms with Crippen LogP contribution in [-0.2, 0) is 4.79 Å². The fourth-order valence-corrected chi connectivity index (χ4v) is 2.33. The molecular weight excluding hydrogens is 332 g/mol. The van der Waals surface area contributed by atoms with Gasteiger partial charge in [0.05, 0.1) is 6.26 Å². The van der Waals surface area contributed by atoms with E-state index in [1.165, 1.54) is 6.26 Å². The zero-order chi connectivity index (χ0) is 18.4. The highest BCUT2D eigenvalue weighted by atomic mass is 16.5. The second-order valence-corrected chi connectivity index (χ2v) is 5.67. The molecule has 3 aromatic rings. The SMILES string of the molecule is Cc1cccc(OCC(=O)Nc2cccc(NC(=O)c3ccco3)c2)c1. The third-order valence-electron chi connectivity index (χ3n) is 3.51. The van der Waals surface area contributed by atoms with E-state index < -0.39 is 0 Å². The second kappa shape index (κ2) is 8.02. The van der Waals surface area contributed by atoms with Gasteiger partial charge in [-0.2, -0.15) is 0 Å². The Kier molecular flexibility index (Phi) is 5.34. The minimum absolute atomic E-state index is 0.105. The lowest BCUT2D eigenvalue weighted by Gasteiger charge is -2.09. The molecule has 2 amide bonds. The van der Waals surface area contributed by atoms with Gasteiger partial charge in [-0.1, -0.05) is 18.2 Å². The van der Waals surface area contributed by atoms with Crippen molar-refractivity contribution in [1.29, 1.82) is 0 Å². The summed E-state index contributed by atoms with van der Waals surface area (Å²) in [6.45, 7) is 1.85. The molecule has 132 valence electrons. The van der Waals surface area contributed by atoms with Crippen LogP contribution in [-0.4, -0.2) is 18.4 Å². The number of rotatable bonds is 6. The van der Waals surface area contributed by atoms with Crippen LogP contribution in [0.3, 0.4) is 0 Å². The zero-order valence-corrected chi connectivity index (χ0v) is 14.2. The standard InChI is InChI=1S/C20H18N2O4/c1-14-5-2-8-17(11-14)26-13-19(23)21-15-6-3-7-16(12-15)22-20(24)18-9-4-10-25-18/h2-12H,13H2,1H3,(H,21,23)(H,22,24). The Morgan fingerprint density at radius 1 is 0.962 bits per heavy atom. The average Bonchev–Trinajstić information content (AvgIpc) is 3.15. The predicted octanol–water partition coefficient (Wildman–Crippen LogP) is 3.86. The van der Waals surface area contributed by atoms with Crippen LogP contribution in [0.4, 0.5) is 11.4 Å². The van der Waals surface area contributed by atoms with E-state index in [0.717, 1.165) is 5.56 Å². The predicted molar refractivity (Wildman–Crippen MR) is 98.4 cm³/mol. The molecule has 0 bridgehead atoms. The molecule has 0 spiro atoms. The molecule has 26 heavy (non-hydrogen) atoms. The summed E-state index contributed by atoms with van der Waals surface area (Å²) in [5.74, 6) is 0.202. The molecule has 3 rings (SSSR count). The second-order valence-electron chi connectivity index (χ2n) is 5.67. The maximum Gasteiger partial charge on any atom is 0.291 e. The van der Waals surface area contributed by atoms with Crippen molar-refractivity contribution in [3.8, 4) is 5.75 Å². The first-order valence-corrected chi connectivity index (χ1v) is 8.04. The maximum absolute atomic E-state index is 12.1. The topological polar surface area (TPSA) is 80.6 Å². The lowest BCUT2D eigenvalue weighted by atomic mass is 10.2. The zero-order valence-electron chi connectivity index (χ0n) is 14.2. The van der Waals surface area contributed by atoms with Crippen molar-refractivity contribution in [3.05, 3.63) is 78.3 Å². The third kappa shape index (κ3) is 4.73. The number of hydrogen-bond donors (Lipinski definition) is 2. The van der Waals surface area contributed by atoms with Crippen molar-refractivity contribution in [1.82, 2.24) is 0 Å². The van der Waals surface area contributed by atoms with Crippen molar-refractivity contribution in [2.45, 2.75) is 6.92 Å². The lowest BCUT2D eigenvalue weighted by molar-refractivity contribution is -0.118. The Hall–Kier alpha value is -3.54. The van der Waals surface area contributed by atoms with Gasteiger partial charge in [0.1, 0.15) is 5.75 Å². The van der Waals surface area contributed by atoms with Gasteiger partial charge in [-0.25, -0.2) is 0 Å². The van der Waals surface area contributed by atoms with Gasteiger partial charge in [0.25, 0.3) is 11.8 Å². The van der Waals surface area contributed by atoms with E-state index in [1.807, 2.05) is 25.1 Å². The number of furan rings is 1. The summed E-state index contributed by atoms with van der Waals surface area (Å²) in [6.07, 6.45) is 1.43. The first-order chi connectivity index (χ1) is 12.6. The molecule has 6 nitrogen and oxygen atoms in total. The van der Waals surface area contributed by atoms with Gasteiger partial charge in [0.2, 0.25) is 0 Å². The van der Waals surface area contributed by atoms with Crippen LogP contribution in [0.1, 0.15) is 16.1 Å². The molecule has 0 saturated heterocycles. The van der Waals surface area contributed by atoms with Crippen LogP contribution in [0.5, 0.6) is 5.75 Å². The van der Waals surface area contributed by atoms with Crippen LogP contribution < -0.4 is 15.4 Å². The van der Waals surface area contributed by atoms with E-state index >= 15 is 0 Å². The number of amides is 2. The molecule has 2 N–H and O–H groups in total. The summed E-state index contributed by atoms with van der Waals surface area (Å²) in [6, 6.07) is 17.5. The normalized spacial score (nSPS) is 10.2. The molecule has 0 aliphatic carbocycles. The average molecular weight is 350 g/mol. The number of aryl methyl sites for hydroxylation is 1. The molecule has 0 atom stereocenters. The van der Waals surface area contributed by atoms with E-state index in [1.54, 1.807) is 42.5 Å². The molecule has 6 heteroatoms. The number of ether oxygens (including phenoxy) is 1. The Morgan fingerprint density at radius 2 is 1.73 bits per heavy atom. The maximum atomic E-state index is 12.1. The van der Waals surface area contributed by atoms with E-state index in [4.69, 9.17) is 9.15 Å². The number of hydrogen-bond acceptors (Lipinski definition) is 4. The molecule has 0 aliphatic rings. The number of nitrogens with one attached hydrogen (secondary N) is 2. The van der Waals surface area contributed by atoms with Crippen LogP contribution in [0, 0.1) is 6.92 Å². The third-order valence-corrected chi connectivity index (χ3v) is 3.51. The molecule has 0 aliphatic heterocycles. The van der Waals surface area contributed by atoms with Crippen LogP contribution in [0.15, 0.2) is 71.3 Å². The van der Waals surface area contributed by atoms with Crippen molar-refractivity contribution in [3.63, 3.8) is 0 Å². The quantitative estimate of drug-likeness (QED) is 0.707. The monoisotopic (exact) mass is 350 g/mol. The highest BCUT2D eigenvalue weighted by Crippen LogP contribution is 2.17. The van der Waals surface area contributed by atoms with E-state index in [-0.39, 0.29) is 24.2 Å². The minimum Gasteiger partial charge on any atom is -0.484 e. The van der Waals surface area contributed by atoms with Gasteiger partial charge in [0.15, 0.2) is 12.4 Å². The van der Waals surface area contributed by atoms with Crippen LogP contribution in [0.2, 0.25) is 0 Å². The Balaban J connectivity index is 1.56. The minimum atomic E-state index is -0.360. The molecule has 0 saturated carbocycles. The van der Waals surface area contributed by atoms with Crippen LogP contribution >= 0.6 is 0 Å².